The molecule has 3 aromatic rings. The number of nitrogens with one attached hydrogen (secondary N) is 1. The third-order valence-corrected chi connectivity index (χ3v) is 5.69. The van der Waals surface area contributed by atoms with Crippen LogP contribution in [0.2, 0.25) is 0 Å². The average molecular weight is 410 g/mol. The van der Waals surface area contributed by atoms with Gasteiger partial charge in [0, 0.05) is 30.4 Å². The number of rotatable bonds is 4. The quantitative estimate of drug-likeness (QED) is 0.706. The number of carbonyl (C=O) groups is 1. The first-order chi connectivity index (χ1) is 14.4. The van der Waals surface area contributed by atoms with E-state index in [-0.39, 0.29) is 18.9 Å². The molecule has 1 atom stereocenters. The summed E-state index contributed by atoms with van der Waals surface area (Å²) in [7, 11) is 1.53. The van der Waals surface area contributed by atoms with Crippen LogP contribution in [0.5, 0.6) is 0 Å². The Morgan fingerprint density at radius 3 is 2.63 bits per heavy atom. The molecule has 2 aromatic carbocycles. The number of aromatic amines is 1. The highest BCUT2D eigenvalue weighted by Gasteiger charge is 2.39. The van der Waals surface area contributed by atoms with Gasteiger partial charge in [-0.1, -0.05) is 12.1 Å². The molecule has 1 unspecified atom stereocenters. The number of imidazole rings is 1. The van der Waals surface area contributed by atoms with Crippen LogP contribution in [-0.2, 0) is 9.53 Å². The van der Waals surface area contributed by atoms with Crippen molar-refractivity contribution in [1.82, 2.24) is 9.97 Å². The molecule has 2 aliphatic heterocycles. The molecule has 0 bridgehead atoms. The van der Waals surface area contributed by atoms with Crippen LogP contribution >= 0.6 is 0 Å². The standard InChI is InChI=1S/C22H20F2N4O2/c1-30-19-11-20(29)28(16-6-7-17-18(10-16)26-13-25-17)21(19)14-2-4-15(5-3-14)27-9-8-22(23,24)12-27/h2-7,10-11,13,21H,8-9,12H2,1H3,(H,25,26). The highest BCUT2D eigenvalue weighted by atomic mass is 19.3. The summed E-state index contributed by atoms with van der Waals surface area (Å²) in [4.78, 5) is 23.5. The van der Waals surface area contributed by atoms with Gasteiger partial charge >= 0.3 is 0 Å². The van der Waals surface area contributed by atoms with Crippen molar-refractivity contribution < 1.29 is 18.3 Å². The molecule has 8 heteroatoms. The lowest BCUT2D eigenvalue weighted by atomic mass is 10.0. The van der Waals surface area contributed by atoms with Crippen molar-refractivity contribution in [3.8, 4) is 0 Å². The zero-order valence-corrected chi connectivity index (χ0v) is 16.3. The van der Waals surface area contributed by atoms with Crippen molar-refractivity contribution in [2.24, 2.45) is 0 Å². The van der Waals surface area contributed by atoms with Crippen LogP contribution in [0.4, 0.5) is 20.2 Å². The fraction of sp³-hybridized carbons (Fsp3) is 0.273. The summed E-state index contributed by atoms with van der Waals surface area (Å²) >= 11 is 0. The third-order valence-electron chi connectivity index (χ3n) is 5.69. The number of anilines is 2. The molecule has 2 aliphatic rings. The summed E-state index contributed by atoms with van der Waals surface area (Å²) in [5.41, 5.74) is 3.93. The number of benzene rings is 2. The lowest BCUT2D eigenvalue weighted by Gasteiger charge is -2.27. The van der Waals surface area contributed by atoms with E-state index >= 15 is 0 Å². The van der Waals surface area contributed by atoms with Gasteiger partial charge < -0.3 is 14.6 Å². The second kappa shape index (κ2) is 6.83. The molecule has 0 radical (unpaired) electrons. The van der Waals surface area contributed by atoms with Crippen molar-refractivity contribution in [3.05, 3.63) is 66.2 Å². The van der Waals surface area contributed by atoms with Gasteiger partial charge in [-0.25, -0.2) is 13.8 Å². The predicted octanol–water partition coefficient (Wildman–Crippen LogP) is 4.03. The maximum atomic E-state index is 13.6. The molecule has 1 aromatic heterocycles. The average Bonchev–Trinajstić information content (AvgIpc) is 3.43. The van der Waals surface area contributed by atoms with Gasteiger partial charge in [-0.05, 0) is 35.9 Å². The van der Waals surface area contributed by atoms with Crippen LogP contribution in [0.3, 0.4) is 0 Å². The predicted molar refractivity (Wildman–Crippen MR) is 110 cm³/mol. The Morgan fingerprint density at radius 1 is 1.17 bits per heavy atom. The Kier molecular flexibility index (Phi) is 4.23. The first-order valence-corrected chi connectivity index (χ1v) is 9.70. The SMILES string of the molecule is COC1=CC(=O)N(c2ccc3[nH]cnc3c2)C1c1ccc(N2CCC(F)(F)C2)cc1. The number of methoxy groups -OCH3 is 1. The van der Waals surface area contributed by atoms with Gasteiger partial charge in [0.15, 0.2) is 0 Å². The molecule has 1 fully saturated rings. The van der Waals surface area contributed by atoms with E-state index in [2.05, 4.69) is 9.97 Å². The molecule has 0 saturated carbocycles. The van der Waals surface area contributed by atoms with E-state index < -0.39 is 12.0 Å². The van der Waals surface area contributed by atoms with Gasteiger partial charge in [-0.2, -0.15) is 0 Å². The van der Waals surface area contributed by atoms with Gasteiger partial charge in [0.2, 0.25) is 0 Å². The van der Waals surface area contributed by atoms with Gasteiger partial charge in [0.05, 0.1) is 31.0 Å². The number of aromatic nitrogens is 2. The Labute approximate surface area is 171 Å². The van der Waals surface area contributed by atoms with Crippen molar-refractivity contribution in [2.75, 3.05) is 30.0 Å². The number of ether oxygens (including phenoxy) is 1. The maximum Gasteiger partial charge on any atom is 0.266 e. The number of fused-ring (bicyclic) bond motifs is 1. The van der Waals surface area contributed by atoms with Crippen molar-refractivity contribution >= 4 is 28.3 Å². The molecule has 0 aliphatic carbocycles. The number of halogens is 2. The number of nitrogens with zero attached hydrogens (tertiary/aromatic N) is 3. The molecule has 30 heavy (non-hydrogen) atoms. The molecule has 154 valence electrons. The molecule has 3 heterocycles. The molecule has 1 saturated heterocycles. The molecule has 1 amide bonds. The molecular formula is C22H20F2N4O2. The van der Waals surface area contributed by atoms with Crippen LogP contribution in [-0.4, -0.2) is 42.0 Å². The fourth-order valence-electron chi connectivity index (χ4n) is 4.18. The number of amides is 1. The Balaban J connectivity index is 1.48. The number of hydrogen-bond acceptors (Lipinski definition) is 4. The summed E-state index contributed by atoms with van der Waals surface area (Å²) < 4.78 is 32.6. The van der Waals surface area contributed by atoms with Crippen molar-refractivity contribution in [2.45, 2.75) is 18.4 Å². The number of carbonyl (C=O) groups excluding carboxylic acids is 1. The zero-order chi connectivity index (χ0) is 20.9. The van der Waals surface area contributed by atoms with Gasteiger partial charge in [0.25, 0.3) is 11.8 Å². The topological polar surface area (TPSA) is 61.5 Å². The van der Waals surface area contributed by atoms with Crippen LogP contribution < -0.4 is 9.80 Å². The normalized spacial score (nSPS) is 20.8. The van der Waals surface area contributed by atoms with E-state index in [0.717, 1.165) is 22.3 Å². The number of H-pyrrole nitrogens is 1. The molecule has 0 spiro atoms. The second-order valence-corrected chi connectivity index (χ2v) is 7.58. The van der Waals surface area contributed by atoms with Gasteiger partial charge in [-0.15, -0.1) is 0 Å². The van der Waals surface area contributed by atoms with E-state index in [9.17, 15) is 13.6 Å². The van der Waals surface area contributed by atoms with E-state index in [1.807, 2.05) is 42.5 Å². The zero-order valence-electron chi connectivity index (χ0n) is 16.3. The van der Waals surface area contributed by atoms with Crippen LogP contribution in [0.25, 0.3) is 11.0 Å². The highest BCUT2D eigenvalue weighted by molar-refractivity contribution is 6.06. The smallest absolute Gasteiger partial charge is 0.266 e. The van der Waals surface area contributed by atoms with E-state index in [4.69, 9.17) is 4.74 Å². The molecule has 6 nitrogen and oxygen atoms in total. The van der Waals surface area contributed by atoms with E-state index in [1.165, 1.54) is 13.2 Å². The number of alkyl halides is 2. The first kappa shape index (κ1) is 18.6. The van der Waals surface area contributed by atoms with E-state index in [0.29, 0.717) is 18.0 Å². The summed E-state index contributed by atoms with van der Waals surface area (Å²) in [5.74, 6) is -2.30. The van der Waals surface area contributed by atoms with Crippen LogP contribution in [0, 0.1) is 0 Å². The Morgan fingerprint density at radius 2 is 1.93 bits per heavy atom. The fourth-order valence-corrected chi connectivity index (χ4v) is 4.18. The first-order valence-electron chi connectivity index (χ1n) is 9.70. The Hall–Kier alpha value is -3.42. The van der Waals surface area contributed by atoms with Gasteiger partial charge in [0.1, 0.15) is 11.8 Å². The number of hydrogen-bond donors (Lipinski definition) is 1. The highest BCUT2D eigenvalue weighted by Crippen LogP contribution is 2.40. The van der Waals surface area contributed by atoms with Gasteiger partial charge in [-0.3, -0.25) is 9.69 Å². The summed E-state index contributed by atoms with van der Waals surface area (Å²) in [5, 5.41) is 0. The van der Waals surface area contributed by atoms with Crippen molar-refractivity contribution in [3.63, 3.8) is 0 Å². The largest absolute Gasteiger partial charge is 0.498 e. The van der Waals surface area contributed by atoms with Crippen molar-refractivity contribution in [1.29, 1.82) is 0 Å². The lowest BCUT2D eigenvalue weighted by molar-refractivity contribution is -0.113. The van der Waals surface area contributed by atoms with Crippen LogP contribution in [0.1, 0.15) is 18.0 Å². The monoisotopic (exact) mass is 410 g/mol. The third kappa shape index (κ3) is 3.08. The Bertz CT molecular complexity index is 1140. The molecule has 5 rings (SSSR count). The summed E-state index contributed by atoms with van der Waals surface area (Å²) in [6.07, 6.45) is 2.96. The molecular weight excluding hydrogens is 390 g/mol. The minimum atomic E-state index is -2.65. The second-order valence-electron chi connectivity index (χ2n) is 7.58. The summed E-state index contributed by atoms with van der Waals surface area (Å²) in [6.45, 7) is 0.0561. The lowest BCUT2D eigenvalue weighted by Crippen LogP contribution is -2.29. The summed E-state index contributed by atoms with van der Waals surface area (Å²) in [6, 6.07) is 12.5. The van der Waals surface area contributed by atoms with Crippen LogP contribution in [0.15, 0.2) is 60.6 Å². The minimum absolute atomic E-state index is 0.133. The molecule has 1 N–H and O–H groups in total. The maximum absolute atomic E-state index is 13.6. The van der Waals surface area contributed by atoms with E-state index in [1.54, 1.807) is 16.1 Å². The minimum Gasteiger partial charge on any atom is -0.498 e.